The molecule has 2 aromatic heterocycles. The standard InChI is InChI=1S/C18H24N4OS/c1-12-17(24-13(2)19-12)16-5-8-22(18(23)20-16)7-4-3-6-21-10-14-9-15(14)11-21/h5,8,14-15H,3-4,6-7,9-11H2,1-2H3. The van der Waals surface area contributed by atoms with Gasteiger partial charge in [-0.1, -0.05) is 0 Å². The van der Waals surface area contributed by atoms with Gasteiger partial charge in [0.05, 0.1) is 21.3 Å². The van der Waals surface area contributed by atoms with Crippen LogP contribution in [0.2, 0.25) is 0 Å². The molecular formula is C18H24N4OS. The van der Waals surface area contributed by atoms with Crippen molar-refractivity contribution in [3.05, 3.63) is 33.4 Å². The van der Waals surface area contributed by atoms with Gasteiger partial charge in [-0.2, -0.15) is 4.98 Å². The fourth-order valence-electron chi connectivity index (χ4n) is 3.79. The summed E-state index contributed by atoms with van der Waals surface area (Å²) >= 11 is 1.59. The Morgan fingerprint density at radius 1 is 1.17 bits per heavy atom. The molecule has 4 rings (SSSR count). The van der Waals surface area contributed by atoms with Gasteiger partial charge in [-0.15, -0.1) is 11.3 Å². The number of rotatable bonds is 6. The van der Waals surface area contributed by atoms with Crippen LogP contribution in [0.3, 0.4) is 0 Å². The molecule has 2 aromatic rings. The van der Waals surface area contributed by atoms with E-state index in [1.54, 1.807) is 15.9 Å². The van der Waals surface area contributed by atoms with E-state index in [2.05, 4.69) is 14.9 Å². The number of thiazole rings is 1. The second kappa shape index (κ2) is 6.41. The lowest BCUT2D eigenvalue weighted by Crippen LogP contribution is -2.25. The molecule has 1 saturated carbocycles. The van der Waals surface area contributed by atoms with E-state index < -0.39 is 0 Å². The zero-order chi connectivity index (χ0) is 16.7. The van der Waals surface area contributed by atoms with E-state index in [1.165, 1.54) is 26.1 Å². The van der Waals surface area contributed by atoms with Crippen molar-refractivity contribution >= 4 is 11.3 Å². The molecule has 5 nitrogen and oxygen atoms in total. The van der Waals surface area contributed by atoms with Crippen LogP contribution in [0, 0.1) is 25.7 Å². The smallest absolute Gasteiger partial charge is 0.303 e. The van der Waals surface area contributed by atoms with Gasteiger partial charge in [0.15, 0.2) is 0 Å². The quantitative estimate of drug-likeness (QED) is 0.756. The summed E-state index contributed by atoms with van der Waals surface area (Å²) in [5.74, 6) is 2.01. The Morgan fingerprint density at radius 3 is 2.58 bits per heavy atom. The van der Waals surface area contributed by atoms with Crippen molar-refractivity contribution in [3.63, 3.8) is 0 Å². The molecular weight excluding hydrogens is 320 g/mol. The van der Waals surface area contributed by atoms with Crippen molar-refractivity contribution in [2.45, 2.75) is 39.7 Å². The molecule has 2 unspecified atom stereocenters. The Labute approximate surface area is 146 Å². The number of unbranched alkanes of at least 4 members (excludes halogenated alkanes) is 1. The fraction of sp³-hybridized carbons (Fsp3) is 0.611. The van der Waals surface area contributed by atoms with E-state index in [0.717, 1.165) is 52.5 Å². The lowest BCUT2D eigenvalue weighted by atomic mass is 10.2. The lowest BCUT2D eigenvalue weighted by Gasteiger charge is -2.16. The zero-order valence-corrected chi connectivity index (χ0v) is 15.2. The van der Waals surface area contributed by atoms with Crippen LogP contribution in [-0.2, 0) is 6.54 Å². The number of hydrogen-bond acceptors (Lipinski definition) is 5. The third-order valence-electron chi connectivity index (χ3n) is 5.19. The number of likely N-dealkylation sites (tertiary alicyclic amines) is 1. The Kier molecular flexibility index (Phi) is 4.26. The zero-order valence-electron chi connectivity index (χ0n) is 14.4. The first-order chi connectivity index (χ1) is 11.6. The molecule has 128 valence electrons. The highest BCUT2D eigenvalue weighted by molar-refractivity contribution is 7.15. The highest BCUT2D eigenvalue weighted by atomic mass is 32.1. The largest absolute Gasteiger partial charge is 0.348 e. The average molecular weight is 344 g/mol. The molecule has 1 aliphatic carbocycles. The summed E-state index contributed by atoms with van der Waals surface area (Å²) in [4.78, 5) is 24.5. The molecule has 2 fully saturated rings. The maximum atomic E-state index is 12.3. The Bertz CT molecular complexity index is 787. The molecule has 1 aliphatic heterocycles. The van der Waals surface area contributed by atoms with Gasteiger partial charge in [0, 0.05) is 25.8 Å². The Hall–Kier alpha value is -1.53. The summed E-state index contributed by atoms with van der Waals surface area (Å²) in [5.41, 5.74) is 1.54. The van der Waals surface area contributed by atoms with Gasteiger partial charge < -0.3 is 4.90 Å². The monoisotopic (exact) mass is 344 g/mol. The molecule has 0 spiro atoms. The van der Waals surface area contributed by atoms with Gasteiger partial charge in [0.1, 0.15) is 0 Å². The third kappa shape index (κ3) is 3.30. The molecule has 0 radical (unpaired) electrons. The van der Waals surface area contributed by atoms with Crippen LogP contribution in [0.25, 0.3) is 10.6 Å². The first-order valence-electron chi connectivity index (χ1n) is 8.84. The molecule has 0 amide bonds. The van der Waals surface area contributed by atoms with Gasteiger partial charge in [-0.25, -0.2) is 9.78 Å². The predicted octanol–water partition coefficient (Wildman–Crippen LogP) is 2.72. The number of nitrogens with zero attached hydrogens (tertiary/aromatic N) is 4. The first kappa shape index (κ1) is 16.0. The van der Waals surface area contributed by atoms with Crippen LogP contribution in [0.5, 0.6) is 0 Å². The molecule has 2 atom stereocenters. The normalized spacial score (nSPS) is 22.8. The second-order valence-electron chi connectivity index (χ2n) is 7.16. The summed E-state index contributed by atoms with van der Waals surface area (Å²) in [6.45, 7) is 8.48. The maximum Gasteiger partial charge on any atom is 0.348 e. The van der Waals surface area contributed by atoms with Gasteiger partial charge in [-0.05, 0) is 57.6 Å². The number of aryl methyl sites for hydroxylation is 3. The molecule has 0 aromatic carbocycles. The van der Waals surface area contributed by atoms with Gasteiger partial charge in [0.25, 0.3) is 0 Å². The second-order valence-corrected chi connectivity index (χ2v) is 8.36. The van der Waals surface area contributed by atoms with E-state index in [0.29, 0.717) is 0 Å². The molecule has 1 saturated heterocycles. The molecule has 24 heavy (non-hydrogen) atoms. The van der Waals surface area contributed by atoms with E-state index in [9.17, 15) is 4.79 Å². The molecule has 2 aliphatic rings. The maximum absolute atomic E-state index is 12.3. The lowest BCUT2D eigenvalue weighted by molar-refractivity contribution is 0.295. The summed E-state index contributed by atoms with van der Waals surface area (Å²) in [6, 6.07) is 1.94. The number of piperidine rings is 1. The van der Waals surface area contributed by atoms with Crippen LogP contribution in [0.15, 0.2) is 17.1 Å². The van der Waals surface area contributed by atoms with Crippen LogP contribution in [0.1, 0.15) is 30.0 Å². The summed E-state index contributed by atoms with van der Waals surface area (Å²) in [5, 5.41) is 1.01. The highest BCUT2D eigenvalue weighted by Gasteiger charge is 2.44. The minimum Gasteiger partial charge on any atom is -0.303 e. The van der Waals surface area contributed by atoms with Crippen LogP contribution in [-0.4, -0.2) is 39.1 Å². The van der Waals surface area contributed by atoms with E-state index in [-0.39, 0.29) is 5.69 Å². The minimum absolute atomic E-state index is 0.152. The summed E-state index contributed by atoms with van der Waals surface area (Å²) in [7, 11) is 0. The van der Waals surface area contributed by atoms with E-state index in [1.807, 2.05) is 26.1 Å². The first-order valence-corrected chi connectivity index (χ1v) is 9.66. The van der Waals surface area contributed by atoms with Crippen molar-refractivity contribution in [3.8, 4) is 10.6 Å². The molecule has 3 heterocycles. The average Bonchev–Trinajstić information content (AvgIpc) is 3.00. The summed E-state index contributed by atoms with van der Waals surface area (Å²) < 4.78 is 1.73. The van der Waals surface area contributed by atoms with Gasteiger partial charge in [0.2, 0.25) is 0 Å². The minimum atomic E-state index is -0.152. The number of aromatic nitrogens is 3. The summed E-state index contributed by atoms with van der Waals surface area (Å²) in [6.07, 6.45) is 5.53. The van der Waals surface area contributed by atoms with Crippen molar-refractivity contribution < 1.29 is 0 Å². The molecule has 0 bridgehead atoms. The topological polar surface area (TPSA) is 51.0 Å². The van der Waals surface area contributed by atoms with Gasteiger partial charge in [-0.3, -0.25) is 4.57 Å². The van der Waals surface area contributed by atoms with Crippen molar-refractivity contribution in [2.75, 3.05) is 19.6 Å². The number of hydrogen-bond donors (Lipinski definition) is 0. The van der Waals surface area contributed by atoms with E-state index in [4.69, 9.17) is 0 Å². The molecule has 6 heteroatoms. The molecule has 0 N–H and O–H groups in total. The predicted molar refractivity (Wildman–Crippen MR) is 96.4 cm³/mol. The Morgan fingerprint density at radius 2 is 1.92 bits per heavy atom. The van der Waals surface area contributed by atoms with Crippen LogP contribution >= 0.6 is 11.3 Å². The Balaban J connectivity index is 1.32. The van der Waals surface area contributed by atoms with E-state index >= 15 is 0 Å². The fourth-order valence-corrected chi connectivity index (χ4v) is 4.68. The highest BCUT2D eigenvalue weighted by Crippen LogP contribution is 2.44. The van der Waals surface area contributed by atoms with Crippen molar-refractivity contribution in [1.29, 1.82) is 0 Å². The number of fused-ring (bicyclic) bond motifs is 1. The van der Waals surface area contributed by atoms with Crippen molar-refractivity contribution in [1.82, 2.24) is 19.4 Å². The van der Waals surface area contributed by atoms with Crippen LogP contribution in [0.4, 0.5) is 0 Å². The SMILES string of the molecule is Cc1nc(C)c(-c2ccn(CCCCN3CC4CC4C3)c(=O)n2)s1. The van der Waals surface area contributed by atoms with Crippen molar-refractivity contribution in [2.24, 2.45) is 11.8 Å². The van der Waals surface area contributed by atoms with Gasteiger partial charge >= 0.3 is 5.69 Å². The van der Waals surface area contributed by atoms with Crippen LogP contribution < -0.4 is 5.69 Å². The third-order valence-corrected chi connectivity index (χ3v) is 6.28.